The number of hydrogen-bond donors (Lipinski definition) is 0. The molecule has 0 amide bonds. The Morgan fingerprint density at radius 1 is 1.20 bits per heavy atom. The van der Waals surface area contributed by atoms with Crippen LogP contribution in [0.1, 0.15) is 21.1 Å². The van der Waals surface area contributed by atoms with Crippen molar-refractivity contribution in [2.24, 2.45) is 0 Å². The molecule has 5 nitrogen and oxygen atoms in total. The van der Waals surface area contributed by atoms with Crippen LogP contribution in [0.3, 0.4) is 0 Å². The number of nitrogens with zero attached hydrogens (tertiary/aromatic N) is 2. The summed E-state index contributed by atoms with van der Waals surface area (Å²) in [7, 11) is 0. The van der Waals surface area contributed by atoms with Gasteiger partial charge >= 0.3 is 5.97 Å². The summed E-state index contributed by atoms with van der Waals surface area (Å²) in [5.74, 6) is 0.378. The molecule has 25 heavy (non-hydrogen) atoms. The minimum absolute atomic E-state index is 0.247. The van der Waals surface area contributed by atoms with Gasteiger partial charge in [0.15, 0.2) is 0 Å². The van der Waals surface area contributed by atoms with Crippen molar-refractivity contribution in [3.05, 3.63) is 68.6 Å². The lowest BCUT2D eigenvalue weighted by atomic mass is 10.2. The van der Waals surface area contributed by atoms with Gasteiger partial charge in [0.05, 0.1) is 21.1 Å². The van der Waals surface area contributed by atoms with Gasteiger partial charge in [-0.2, -0.15) is 0 Å². The number of rotatable bonds is 7. The number of carbonyl (C=O) groups excluding carboxylic acids is 1. The number of hydrogen-bond acceptors (Lipinski definition) is 7. The molecule has 128 valence electrons. The zero-order valence-electron chi connectivity index (χ0n) is 13.5. The number of aryl methyl sites for hydroxylation is 1. The number of aromatic nitrogens is 2. The molecule has 2 aromatic heterocycles. The molecule has 0 atom stereocenters. The van der Waals surface area contributed by atoms with E-state index in [9.17, 15) is 4.79 Å². The average Bonchev–Trinajstić information content (AvgIpc) is 3.29. The summed E-state index contributed by atoms with van der Waals surface area (Å²) < 4.78 is 10.8. The minimum Gasteiger partial charge on any atom is -0.487 e. The molecule has 0 bridgehead atoms. The predicted molar refractivity (Wildman–Crippen MR) is 98.6 cm³/mol. The van der Waals surface area contributed by atoms with Crippen molar-refractivity contribution in [2.45, 2.75) is 20.1 Å². The molecule has 0 unspecified atom stereocenters. The van der Waals surface area contributed by atoms with Crippen LogP contribution in [0.25, 0.3) is 6.08 Å². The standard InChI is InChI=1S/C18H16N2O3S2/c1-13-20-15(11-24-13)9-22-16-5-2-14(3-6-16)4-7-18(21)23-10-17-8-19-12-25-17/h2-8,11-12H,9-10H2,1H3/b7-4+. The summed E-state index contributed by atoms with van der Waals surface area (Å²) in [6.07, 6.45) is 4.81. The highest BCUT2D eigenvalue weighted by molar-refractivity contribution is 7.09. The van der Waals surface area contributed by atoms with Crippen molar-refractivity contribution in [3.8, 4) is 5.75 Å². The summed E-state index contributed by atoms with van der Waals surface area (Å²) in [6.45, 7) is 2.66. The van der Waals surface area contributed by atoms with E-state index in [1.807, 2.05) is 36.6 Å². The highest BCUT2D eigenvalue weighted by Crippen LogP contribution is 2.16. The largest absolute Gasteiger partial charge is 0.487 e. The van der Waals surface area contributed by atoms with Gasteiger partial charge in [-0.05, 0) is 30.7 Å². The van der Waals surface area contributed by atoms with Crippen molar-refractivity contribution in [1.29, 1.82) is 0 Å². The molecule has 0 radical (unpaired) electrons. The van der Waals surface area contributed by atoms with Gasteiger partial charge in [-0.15, -0.1) is 22.7 Å². The SMILES string of the molecule is Cc1nc(COc2ccc(/C=C/C(=O)OCc3cncs3)cc2)cs1. The number of benzene rings is 1. The molecule has 3 rings (SSSR count). The first-order valence-corrected chi connectivity index (χ1v) is 9.31. The second-order valence-corrected chi connectivity index (χ2v) is 7.16. The summed E-state index contributed by atoms with van der Waals surface area (Å²) in [4.78, 5) is 20.9. The molecule has 1 aromatic carbocycles. The summed E-state index contributed by atoms with van der Waals surface area (Å²) in [5.41, 5.74) is 3.53. The van der Waals surface area contributed by atoms with Crippen LogP contribution in [-0.4, -0.2) is 15.9 Å². The first kappa shape index (κ1) is 17.3. The van der Waals surface area contributed by atoms with Gasteiger partial charge in [0.25, 0.3) is 0 Å². The van der Waals surface area contributed by atoms with Crippen LogP contribution in [0.4, 0.5) is 0 Å². The lowest BCUT2D eigenvalue weighted by Crippen LogP contribution is -1.99. The van der Waals surface area contributed by atoms with Crippen LogP contribution in [0, 0.1) is 6.92 Å². The van der Waals surface area contributed by atoms with E-state index in [2.05, 4.69) is 9.97 Å². The molecule has 0 saturated carbocycles. The highest BCUT2D eigenvalue weighted by Gasteiger charge is 2.02. The Morgan fingerprint density at radius 2 is 2.04 bits per heavy atom. The Bertz CT molecular complexity index is 840. The van der Waals surface area contributed by atoms with Crippen molar-refractivity contribution in [1.82, 2.24) is 9.97 Å². The minimum atomic E-state index is -0.382. The van der Waals surface area contributed by atoms with Gasteiger partial charge in [-0.25, -0.2) is 9.78 Å². The van der Waals surface area contributed by atoms with E-state index in [0.717, 1.165) is 26.9 Å². The van der Waals surface area contributed by atoms with Gasteiger partial charge in [0, 0.05) is 17.7 Å². The molecule has 0 saturated heterocycles. The quantitative estimate of drug-likeness (QED) is 0.458. The fourth-order valence-electron chi connectivity index (χ4n) is 1.98. The van der Waals surface area contributed by atoms with E-state index in [1.54, 1.807) is 29.1 Å². The molecule has 0 spiro atoms. The third-order valence-electron chi connectivity index (χ3n) is 3.19. The number of carbonyl (C=O) groups is 1. The van der Waals surface area contributed by atoms with E-state index in [4.69, 9.17) is 9.47 Å². The molecule has 0 aliphatic heterocycles. The second-order valence-electron chi connectivity index (χ2n) is 5.12. The Morgan fingerprint density at radius 3 is 2.72 bits per heavy atom. The number of esters is 1. The topological polar surface area (TPSA) is 61.3 Å². The molecule has 3 aromatic rings. The monoisotopic (exact) mass is 372 g/mol. The maximum absolute atomic E-state index is 11.7. The van der Waals surface area contributed by atoms with Gasteiger partial charge in [0.1, 0.15) is 19.0 Å². The first-order chi connectivity index (χ1) is 12.2. The Kier molecular flexibility index (Phi) is 5.92. The van der Waals surface area contributed by atoms with E-state index in [1.165, 1.54) is 17.4 Å². The molecule has 2 heterocycles. The Hall–Kier alpha value is -2.51. The maximum atomic E-state index is 11.7. The van der Waals surface area contributed by atoms with Crippen molar-refractivity contribution < 1.29 is 14.3 Å². The summed E-state index contributed by atoms with van der Waals surface area (Å²) in [5, 5.41) is 3.02. The van der Waals surface area contributed by atoms with E-state index < -0.39 is 0 Å². The van der Waals surface area contributed by atoms with Crippen LogP contribution in [-0.2, 0) is 22.7 Å². The van der Waals surface area contributed by atoms with Crippen LogP contribution in [0.2, 0.25) is 0 Å². The van der Waals surface area contributed by atoms with Gasteiger partial charge in [-0.1, -0.05) is 12.1 Å². The van der Waals surface area contributed by atoms with Crippen molar-refractivity contribution in [2.75, 3.05) is 0 Å². The average molecular weight is 372 g/mol. The van der Waals surface area contributed by atoms with Crippen molar-refractivity contribution in [3.63, 3.8) is 0 Å². The number of ether oxygens (including phenoxy) is 2. The Balaban J connectivity index is 1.47. The van der Waals surface area contributed by atoms with Crippen LogP contribution in [0.5, 0.6) is 5.75 Å². The summed E-state index contributed by atoms with van der Waals surface area (Å²) in [6, 6.07) is 7.49. The first-order valence-electron chi connectivity index (χ1n) is 7.55. The third kappa shape index (κ3) is 5.51. The molecular formula is C18H16N2O3S2. The van der Waals surface area contributed by atoms with Crippen molar-refractivity contribution >= 4 is 34.7 Å². The van der Waals surface area contributed by atoms with Gasteiger partial charge < -0.3 is 9.47 Å². The smallest absolute Gasteiger partial charge is 0.331 e. The highest BCUT2D eigenvalue weighted by atomic mass is 32.1. The predicted octanol–water partition coefficient (Wildman–Crippen LogP) is 4.24. The molecule has 0 aliphatic carbocycles. The van der Waals surface area contributed by atoms with Crippen LogP contribution < -0.4 is 4.74 Å². The lowest BCUT2D eigenvalue weighted by Gasteiger charge is -2.04. The molecule has 7 heteroatoms. The van der Waals surface area contributed by atoms with Gasteiger partial charge in [-0.3, -0.25) is 4.98 Å². The lowest BCUT2D eigenvalue weighted by molar-refractivity contribution is -0.138. The third-order valence-corrected chi connectivity index (χ3v) is 4.76. The zero-order valence-corrected chi connectivity index (χ0v) is 15.2. The Labute approximate surface area is 153 Å². The fourth-order valence-corrected chi connectivity index (χ4v) is 3.08. The van der Waals surface area contributed by atoms with E-state index in [0.29, 0.717) is 6.61 Å². The summed E-state index contributed by atoms with van der Waals surface area (Å²) >= 11 is 3.06. The molecule has 0 fully saturated rings. The van der Waals surface area contributed by atoms with E-state index in [-0.39, 0.29) is 12.6 Å². The van der Waals surface area contributed by atoms with E-state index >= 15 is 0 Å². The molecule has 0 aliphatic rings. The maximum Gasteiger partial charge on any atom is 0.331 e. The molecular weight excluding hydrogens is 356 g/mol. The molecule has 0 N–H and O–H groups in total. The number of thiazole rings is 2. The van der Waals surface area contributed by atoms with Crippen LogP contribution >= 0.6 is 22.7 Å². The fraction of sp³-hybridized carbons (Fsp3) is 0.167. The second kappa shape index (κ2) is 8.55. The van der Waals surface area contributed by atoms with Crippen LogP contribution in [0.15, 0.2) is 47.4 Å². The van der Waals surface area contributed by atoms with Gasteiger partial charge in [0.2, 0.25) is 0 Å². The zero-order chi connectivity index (χ0) is 17.5. The normalized spacial score (nSPS) is 10.9.